The fourth-order valence-corrected chi connectivity index (χ4v) is 3.44. The Morgan fingerprint density at radius 2 is 1.97 bits per heavy atom. The van der Waals surface area contributed by atoms with Gasteiger partial charge in [0, 0.05) is 24.4 Å². The Labute approximate surface area is 183 Å². The number of imidazole rings is 1. The highest BCUT2D eigenvalue weighted by Gasteiger charge is 2.43. The zero-order chi connectivity index (χ0) is 23.3. The van der Waals surface area contributed by atoms with E-state index in [0.29, 0.717) is 5.56 Å². The third-order valence-electron chi connectivity index (χ3n) is 5.06. The van der Waals surface area contributed by atoms with Gasteiger partial charge in [-0.1, -0.05) is 12.1 Å². The van der Waals surface area contributed by atoms with Crippen LogP contribution in [-0.2, 0) is 11.3 Å². The summed E-state index contributed by atoms with van der Waals surface area (Å²) in [4.78, 5) is 33.7. The molecule has 0 saturated heterocycles. The Kier molecular flexibility index (Phi) is 4.58. The van der Waals surface area contributed by atoms with Gasteiger partial charge in [0.2, 0.25) is 5.91 Å². The molecule has 0 aliphatic carbocycles. The minimum atomic E-state index is -3.78. The van der Waals surface area contributed by atoms with E-state index in [-0.39, 0.29) is 33.9 Å². The van der Waals surface area contributed by atoms with Crippen LogP contribution in [0.4, 0.5) is 18.9 Å². The lowest BCUT2D eigenvalue weighted by Gasteiger charge is -2.18. The lowest BCUT2D eigenvalue weighted by Crippen LogP contribution is -2.35. The molecule has 12 heteroatoms. The van der Waals surface area contributed by atoms with Gasteiger partial charge in [0.15, 0.2) is 11.5 Å². The molecule has 0 saturated carbocycles. The fourth-order valence-electron chi connectivity index (χ4n) is 3.44. The Hall–Kier alpha value is -4.35. The average Bonchev–Trinajstić information content (AvgIpc) is 3.37. The molecule has 3 heterocycles. The average molecular weight is 457 g/mol. The molecule has 0 spiro atoms. The van der Waals surface area contributed by atoms with E-state index >= 15 is 0 Å². The topological polar surface area (TPSA) is 102 Å². The quantitative estimate of drug-likeness (QED) is 0.506. The van der Waals surface area contributed by atoms with E-state index in [1.54, 1.807) is 6.07 Å². The maximum atomic E-state index is 13.8. The maximum Gasteiger partial charge on any atom is 0.586 e. The zero-order valence-electron chi connectivity index (χ0n) is 16.9. The highest BCUT2D eigenvalue weighted by Crippen LogP contribution is 2.42. The summed E-state index contributed by atoms with van der Waals surface area (Å²) in [6.07, 6.45) is -2.48. The third-order valence-corrected chi connectivity index (χ3v) is 5.06. The molecule has 0 unspecified atom stereocenters. The number of ether oxygens (including phenoxy) is 2. The van der Waals surface area contributed by atoms with Crippen molar-refractivity contribution in [3.8, 4) is 22.8 Å². The number of carbonyl (C=O) groups is 1. The molecule has 0 radical (unpaired) electrons. The Morgan fingerprint density at radius 3 is 2.76 bits per heavy atom. The number of hydrogen-bond donors (Lipinski definition) is 1. The van der Waals surface area contributed by atoms with E-state index in [2.05, 4.69) is 24.5 Å². The van der Waals surface area contributed by atoms with Crippen molar-refractivity contribution >= 4 is 22.6 Å². The van der Waals surface area contributed by atoms with Crippen molar-refractivity contribution < 1.29 is 27.4 Å². The van der Waals surface area contributed by atoms with Gasteiger partial charge < -0.3 is 19.4 Å². The number of nitrogens with one attached hydrogen (secondary N) is 1. The molecule has 168 valence electrons. The van der Waals surface area contributed by atoms with E-state index in [1.165, 1.54) is 49.8 Å². The molecule has 0 bridgehead atoms. The smallest absolute Gasteiger partial charge is 0.395 e. The van der Waals surface area contributed by atoms with Gasteiger partial charge in [-0.25, -0.2) is 14.1 Å². The van der Waals surface area contributed by atoms with Crippen molar-refractivity contribution in [2.45, 2.75) is 12.8 Å². The van der Waals surface area contributed by atoms with E-state index in [1.807, 2.05) is 0 Å². The van der Waals surface area contributed by atoms with Gasteiger partial charge in [0.25, 0.3) is 5.56 Å². The number of carbonyl (C=O) groups excluding carboxylic acids is 1. The van der Waals surface area contributed by atoms with Gasteiger partial charge in [-0.15, -0.1) is 8.78 Å². The first-order valence-electron chi connectivity index (χ1n) is 9.58. The monoisotopic (exact) mass is 457 g/mol. The predicted molar refractivity (Wildman–Crippen MR) is 110 cm³/mol. The first-order valence-corrected chi connectivity index (χ1v) is 9.58. The number of hydrogen-bond acceptors (Lipinski definition) is 6. The Bertz CT molecular complexity index is 1470. The number of fused-ring (bicyclic) bond motifs is 2. The normalized spacial score (nSPS) is 13.9. The van der Waals surface area contributed by atoms with Crippen molar-refractivity contribution in [2.24, 2.45) is 0 Å². The lowest BCUT2D eigenvalue weighted by atomic mass is 10.1. The van der Waals surface area contributed by atoms with Crippen molar-refractivity contribution in [3.05, 3.63) is 65.0 Å². The summed E-state index contributed by atoms with van der Waals surface area (Å²) in [7, 11) is 1.41. The number of likely N-dealkylation sites (N-methyl/N-ethyl adjacent to an activating group) is 1. The van der Waals surface area contributed by atoms with E-state index in [4.69, 9.17) is 0 Å². The molecular weight excluding hydrogens is 443 g/mol. The summed E-state index contributed by atoms with van der Waals surface area (Å²) in [6.45, 7) is -0.475. The van der Waals surface area contributed by atoms with Crippen LogP contribution in [-0.4, -0.2) is 39.0 Å². The van der Waals surface area contributed by atoms with Crippen molar-refractivity contribution in [3.63, 3.8) is 0 Å². The number of benzene rings is 2. The summed E-state index contributed by atoms with van der Waals surface area (Å²) in [6, 6.07) is 9.46. The standard InChI is InChI=1S/C21H14F3N5O4/c1-28(13-5-6-14-15(8-13)33-21(23,24)32-14)16(30)9-29-20(31)19-18(25-10-26-19)17(27-29)11-3-2-4-12(22)7-11/h2-8,10H,9H2,1H3,(H,25,26). The van der Waals surface area contributed by atoms with Gasteiger partial charge in [0.05, 0.1) is 6.33 Å². The van der Waals surface area contributed by atoms with Crippen molar-refractivity contribution in [2.75, 3.05) is 11.9 Å². The van der Waals surface area contributed by atoms with Crippen LogP contribution in [0.2, 0.25) is 0 Å². The predicted octanol–water partition coefficient (Wildman–Crippen LogP) is 2.91. The second-order valence-corrected chi connectivity index (χ2v) is 7.20. The number of aromatic nitrogens is 4. The SMILES string of the molecule is CN(C(=O)Cn1nc(-c2cccc(F)c2)c2nc[nH]c2c1=O)c1ccc2c(c1)OC(F)(F)O2. The number of aromatic amines is 1. The number of rotatable bonds is 4. The molecule has 5 rings (SSSR count). The third kappa shape index (κ3) is 3.64. The molecule has 9 nitrogen and oxygen atoms in total. The minimum Gasteiger partial charge on any atom is -0.395 e. The summed E-state index contributed by atoms with van der Waals surface area (Å²) < 4.78 is 50.0. The summed E-state index contributed by atoms with van der Waals surface area (Å²) in [5, 5.41) is 4.24. The number of halogens is 3. The van der Waals surface area contributed by atoms with Crippen LogP contribution in [0.5, 0.6) is 11.5 Å². The molecule has 33 heavy (non-hydrogen) atoms. The van der Waals surface area contributed by atoms with Gasteiger partial charge in [0.1, 0.15) is 29.1 Å². The van der Waals surface area contributed by atoms with Crippen LogP contribution >= 0.6 is 0 Å². The molecule has 1 amide bonds. The number of amides is 1. The number of nitrogens with zero attached hydrogens (tertiary/aromatic N) is 4. The number of H-pyrrole nitrogens is 1. The number of alkyl halides is 2. The zero-order valence-corrected chi connectivity index (χ0v) is 16.9. The van der Waals surface area contributed by atoms with Crippen LogP contribution in [0.1, 0.15) is 0 Å². The molecule has 1 N–H and O–H groups in total. The molecule has 1 aliphatic rings. The first-order chi connectivity index (χ1) is 15.7. The molecule has 0 atom stereocenters. The van der Waals surface area contributed by atoms with Gasteiger partial charge in [-0.2, -0.15) is 5.10 Å². The van der Waals surface area contributed by atoms with Crippen LogP contribution in [0, 0.1) is 5.82 Å². The van der Waals surface area contributed by atoms with Crippen LogP contribution in [0.3, 0.4) is 0 Å². The highest BCUT2D eigenvalue weighted by atomic mass is 19.3. The minimum absolute atomic E-state index is 0.102. The van der Waals surface area contributed by atoms with E-state index in [9.17, 15) is 22.8 Å². The van der Waals surface area contributed by atoms with Gasteiger partial charge >= 0.3 is 6.29 Å². The molecule has 2 aromatic carbocycles. The van der Waals surface area contributed by atoms with E-state index < -0.39 is 30.1 Å². The largest absolute Gasteiger partial charge is 0.586 e. The summed E-state index contributed by atoms with van der Waals surface area (Å²) in [5.41, 5.74) is 0.560. The van der Waals surface area contributed by atoms with Crippen molar-refractivity contribution in [1.29, 1.82) is 0 Å². The Morgan fingerprint density at radius 1 is 1.18 bits per heavy atom. The second-order valence-electron chi connectivity index (χ2n) is 7.20. The van der Waals surface area contributed by atoms with Crippen LogP contribution < -0.4 is 19.9 Å². The van der Waals surface area contributed by atoms with Crippen LogP contribution in [0.25, 0.3) is 22.3 Å². The summed E-state index contributed by atoms with van der Waals surface area (Å²) >= 11 is 0. The molecule has 1 aliphatic heterocycles. The maximum absolute atomic E-state index is 13.8. The molecular formula is C21H14F3N5O4. The number of anilines is 1. The Balaban J connectivity index is 1.48. The second kappa shape index (κ2) is 7.36. The van der Waals surface area contributed by atoms with Crippen LogP contribution in [0.15, 0.2) is 53.6 Å². The van der Waals surface area contributed by atoms with E-state index in [0.717, 1.165) is 9.58 Å². The van der Waals surface area contributed by atoms with Gasteiger partial charge in [-0.05, 0) is 24.3 Å². The fraction of sp³-hybridized carbons (Fsp3) is 0.143. The summed E-state index contributed by atoms with van der Waals surface area (Å²) in [5.74, 6) is -1.45. The lowest BCUT2D eigenvalue weighted by molar-refractivity contribution is -0.286. The van der Waals surface area contributed by atoms with Gasteiger partial charge in [-0.3, -0.25) is 9.59 Å². The molecule has 4 aromatic rings. The molecule has 0 fully saturated rings. The van der Waals surface area contributed by atoms with Crippen molar-refractivity contribution in [1.82, 2.24) is 19.7 Å². The first kappa shape index (κ1) is 20.5. The highest BCUT2D eigenvalue weighted by molar-refractivity contribution is 5.93. The molecule has 2 aromatic heterocycles.